The quantitative estimate of drug-likeness (QED) is 0.583. The Labute approximate surface area is 166 Å². The van der Waals surface area contributed by atoms with E-state index in [1.807, 2.05) is 0 Å². The lowest BCUT2D eigenvalue weighted by Crippen LogP contribution is -2.74. The third-order valence-electron chi connectivity index (χ3n) is 6.69. The maximum Gasteiger partial charge on any atom is 0.129 e. The highest BCUT2D eigenvalue weighted by Gasteiger charge is 2.66. The average Bonchev–Trinajstić information content (AvgIpc) is 3.03. The smallest absolute Gasteiger partial charge is 0.0825 e. The molecule has 2 aromatic rings. The first kappa shape index (κ1) is 18.5. The second kappa shape index (κ2) is 6.63. The molecular formula is C26H32Si. The molecule has 1 heterocycles. The minimum absolute atomic E-state index is 0.340. The highest BCUT2D eigenvalue weighted by molar-refractivity contribution is 7.07. The molecule has 1 heteroatoms. The summed E-state index contributed by atoms with van der Waals surface area (Å²) in [5.41, 5.74) is 4.91. The zero-order valence-electron chi connectivity index (χ0n) is 17.4. The Morgan fingerprint density at radius 2 is 1.37 bits per heavy atom. The van der Waals surface area contributed by atoms with Gasteiger partial charge in [0.15, 0.2) is 0 Å². The molecule has 0 spiro atoms. The molecule has 0 bridgehead atoms. The van der Waals surface area contributed by atoms with Crippen molar-refractivity contribution in [2.24, 2.45) is 11.3 Å². The van der Waals surface area contributed by atoms with Crippen LogP contribution in [0.25, 0.3) is 0 Å². The summed E-state index contributed by atoms with van der Waals surface area (Å²) >= 11 is 0. The predicted octanol–water partition coefficient (Wildman–Crippen LogP) is 5.96. The molecule has 0 radical (unpaired) electrons. The summed E-state index contributed by atoms with van der Waals surface area (Å²) in [6, 6.07) is 23.0. The fourth-order valence-electron chi connectivity index (χ4n) is 5.80. The highest BCUT2D eigenvalue weighted by Crippen LogP contribution is 2.65. The number of hydrogen-bond donors (Lipinski definition) is 0. The van der Waals surface area contributed by atoms with Crippen LogP contribution >= 0.6 is 0 Å². The van der Waals surface area contributed by atoms with E-state index in [1.54, 1.807) is 15.9 Å². The van der Waals surface area contributed by atoms with Crippen molar-refractivity contribution < 1.29 is 0 Å². The number of rotatable bonds is 3. The summed E-state index contributed by atoms with van der Waals surface area (Å²) in [5, 5.41) is 3.23. The lowest BCUT2D eigenvalue weighted by Gasteiger charge is -2.60. The van der Waals surface area contributed by atoms with E-state index in [-0.39, 0.29) is 0 Å². The first-order valence-corrected chi connectivity index (χ1v) is 12.5. The Bertz CT molecular complexity index is 824. The van der Waals surface area contributed by atoms with Crippen molar-refractivity contribution in [3.8, 4) is 0 Å². The van der Waals surface area contributed by atoms with Gasteiger partial charge >= 0.3 is 0 Å². The molecule has 3 atom stereocenters. The molecule has 0 saturated carbocycles. The molecular weight excluding hydrogens is 340 g/mol. The van der Waals surface area contributed by atoms with Crippen LogP contribution in [0.3, 0.4) is 0 Å². The van der Waals surface area contributed by atoms with Crippen LogP contribution < -0.4 is 10.4 Å². The minimum Gasteiger partial charge on any atom is -0.0825 e. The molecule has 2 aromatic carbocycles. The summed E-state index contributed by atoms with van der Waals surface area (Å²) in [6.07, 6.45) is 6.32. The SMILES string of the molecule is CC(C)=C1C=C[C@@H]2[C@H]1[C@H](CC(C)(C)C)[Si]2(c1ccccc1)c1ccccc1. The molecule has 0 N–H and O–H groups in total. The van der Waals surface area contributed by atoms with Crippen molar-refractivity contribution in [3.05, 3.63) is 84.0 Å². The van der Waals surface area contributed by atoms with Crippen molar-refractivity contribution in [2.75, 3.05) is 0 Å². The van der Waals surface area contributed by atoms with Crippen molar-refractivity contribution in [1.29, 1.82) is 0 Å². The average molecular weight is 373 g/mol. The van der Waals surface area contributed by atoms with E-state index in [4.69, 9.17) is 0 Å². The van der Waals surface area contributed by atoms with Crippen LogP contribution in [0.5, 0.6) is 0 Å². The molecule has 140 valence electrons. The maximum atomic E-state index is 2.57. The van der Waals surface area contributed by atoms with E-state index in [0.717, 1.165) is 5.54 Å². The fourth-order valence-corrected chi connectivity index (χ4v) is 12.7. The second-order valence-corrected chi connectivity index (χ2v) is 14.1. The summed E-state index contributed by atoms with van der Waals surface area (Å²) in [4.78, 5) is 0. The van der Waals surface area contributed by atoms with Crippen LogP contribution in [0, 0.1) is 11.3 Å². The van der Waals surface area contributed by atoms with Crippen LogP contribution in [-0.4, -0.2) is 8.07 Å². The van der Waals surface area contributed by atoms with Gasteiger partial charge in [-0.25, -0.2) is 0 Å². The van der Waals surface area contributed by atoms with E-state index >= 15 is 0 Å². The molecule has 1 aliphatic heterocycles. The van der Waals surface area contributed by atoms with Crippen LogP contribution in [0.1, 0.15) is 41.0 Å². The zero-order chi connectivity index (χ0) is 19.2. The summed E-state index contributed by atoms with van der Waals surface area (Å²) in [7, 11) is -1.87. The molecule has 4 rings (SSSR count). The van der Waals surface area contributed by atoms with E-state index in [0.29, 0.717) is 16.9 Å². The first-order chi connectivity index (χ1) is 12.9. The van der Waals surface area contributed by atoms with Gasteiger partial charge in [-0.15, -0.1) is 0 Å². The molecule has 1 saturated heterocycles. The van der Waals surface area contributed by atoms with Gasteiger partial charge in [-0.3, -0.25) is 0 Å². The van der Waals surface area contributed by atoms with Gasteiger partial charge in [-0.05, 0) is 48.3 Å². The molecule has 1 aliphatic carbocycles. The maximum absolute atomic E-state index is 2.57. The molecule has 2 aliphatic rings. The summed E-state index contributed by atoms with van der Waals surface area (Å²) < 4.78 is 0. The molecule has 1 fully saturated rings. The van der Waals surface area contributed by atoms with Crippen LogP contribution in [0.15, 0.2) is 84.0 Å². The summed E-state index contributed by atoms with van der Waals surface area (Å²) in [6.45, 7) is 11.8. The van der Waals surface area contributed by atoms with Gasteiger partial charge in [-0.1, -0.05) is 110 Å². The highest BCUT2D eigenvalue weighted by atomic mass is 28.3. The minimum atomic E-state index is -1.87. The lowest BCUT2D eigenvalue weighted by atomic mass is 9.82. The van der Waals surface area contributed by atoms with Crippen LogP contribution in [0.4, 0.5) is 0 Å². The predicted molar refractivity (Wildman–Crippen MR) is 120 cm³/mol. The van der Waals surface area contributed by atoms with E-state index in [9.17, 15) is 0 Å². The van der Waals surface area contributed by atoms with E-state index in [1.165, 1.54) is 12.0 Å². The Morgan fingerprint density at radius 1 is 0.852 bits per heavy atom. The normalized spacial score (nSPS) is 25.8. The van der Waals surface area contributed by atoms with E-state index in [2.05, 4.69) is 107 Å². The van der Waals surface area contributed by atoms with Gasteiger partial charge in [-0.2, -0.15) is 0 Å². The van der Waals surface area contributed by atoms with Gasteiger partial charge in [0.2, 0.25) is 0 Å². The third-order valence-corrected chi connectivity index (χ3v) is 12.6. The van der Waals surface area contributed by atoms with Crippen LogP contribution in [-0.2, 0) is 0 Å². The lowest BCUT2D eigenvalue weighted by molar-refractivity contribution is 0.312. The number of hydrogen-bond acceptors (Lipinski definition) is 0. The fraction of sp³-hybridized carbons (Fsp3) is 0.385. The Balaban J connectivity index is 1.94. The Morgan fingerprint density at radius 3 is 1.81 bits per heavy atom. The Kier molecular flexibility index (Phi) is 4.54. The zero-order valence-corrected chi connectivity index (χ0v) is 18.4. The van der Waals surface area contributed by atoms with Crippen molar-refractivity contribution in [1.82, 2.24) is 0 Å². The standard InChI is InChI=1S/C26H32Si/c1-19(2)22-16-17-23-25(22)24(18-26(3,4)5)27(23,20-12-8-6-9-13-20)21-14-10-7-11-15-21/h6-17,23-25H,18H2,1-5H3/t23-,24+,25+/m1/s1. The van der Waals surface area contributed by atoms with Gasteiger partial charge in [0.05, 0.1) is 0 Å². The molecule has 0 amide bonds. The monoisotopic (exact) mass is 372 g/mol. The van der Waals surface area contributed by atoms with Gasteiger partial charge in [0, 0.05) is 0 Å². The van der Waals surface area contributed by atoms with Crippen molar-refractivity contribution in [2.45, 2.75) is 52.1 Å². The largest absolute Gasteiger partial charge is 0.129 e. The molecule has 27 heavy (non-hydrogen) atoms. The Hall–Kier alpha value is -1.86. The van der Waals surface area contributed by atoms with Crippen molar-refractivity contribution >= 4 is 18.4 Å². The molecule has 0 aromatic heterocycles. The van der Waals surface area contributed by atoms with Gasteiger partial charge < -0.3 is 0 Å². The van der Waals surface area contributed by atoms with Gasteiger partial charge in [0.25, 0.3) is 0 Å². The molecule has 0 unspecified atom stereocenters. The number of fused-ring (bicyclic) bond motifs is 1. The first-order valence-electron chi connectivity index (χ1n) is 10.3. The second-order valence-electron chi connectivity index (χ2n) is 9.84. The number of benzene rings is 2. The van der Waals surface area contributed by atoms with Crippen molar-refractivity contribution in [3.63, 3.8) is 0 Å². The van der Waals surface area contributed by atoms with E-state index < -0.39 is 8.07 Å². The molecule has 0 nitrogen and oxygen atoms in total. The van der Waals surface area contributed by atoms with Crippen LogP contribution in [0.2, 0.25) is 11.1 Å². The topological polar surface area (TPSA) is 0 Å². The third kappa shape index (κ3) is 2.88. The van der Waals surface area contributed by atoms with Gasteiger partial charge in [0.1, 0.15) is 8.07 Å². The summed E-state index contributed by atoms with van der Waals surface area (Å²) in [5.74, 6) is 0.710. The number of allylic oxidation sites excluding steroid dienone is 4.